The lowest BCUT2D eigenvalue weighted by Crippen LogP contribution is -2.23. The molecular formula is C51H40Cl2N4O12. The van der Waals surface area contributed by atoms with Crippen molar-refractivity contribution in [3.05, 3.63) is 176 Å². The number of carboxylic acid groups (broad SMARTS) is 1. The summed E-state index contributed by atoms with van der Waals surface area (Å²) in [5, 5.41) is 29.8. The zero-order chi connectivity index (χ0) is 48.9. The minimum atomic E-state index is -0.965. The van der Waals surface area contributed by atoms with Crippen LogP contribution < -0.4 is 29.9 Å². The number of carbonyl (C=O) groups excluding carboxylic acids is 3. The topological polar surface area (TPSA) is 225 Å². The lowest BCUT2D eigenvalue weighted by atomic mass is 9.91. The van der Waals surface area contributed by atoms with Gasteiger partial charge in [0.15, 0.2) is 0 Å². The minimum Gasteiger partial charge on any atom is -0.493 e. The van der Waals surface area contributed by atoms with Crippen molar-refractivity contribution in [1.82, 2.24) is 11.0 Å². The van der Waals surface area contributed by atoms with Crippen molar-refractivity contribution in [3.63, 3.8) is 0 Å². The summed E-state index contributed by atoms with van der Waals surface area (Å²) >= 11 is 11.7. The van der Waals surface area contributed by atoms with E-state index in [0.717, 1.165) is 11.1 Å². The monoisotopic (exact) mass is 970 g/mol. The van der Waals surface area contributed by atoms with E-state index in [1.54, 1.807) is 109 Å². The van der Waals surface area contributed by atoms with Gasteiger partial charge in [0.2, 0.25) is 0 Å². The Bertz CT molecular complexity index is 2920. The fraction of sp³-hybridized carbons (Fsp3) is 0.176. The van der Waals surface area contributed by atoms with Gasteiger partial charge in [0.1, 0.15) is 46.6 Å². The highest BCUT2D eigenvalue weighted by Crippen LogP contribution is 2.41. The van der Waals surface area contributed by atoms with Gasteiger partial charge in [-0.05, 0) is 109 Å². The van der Waals surface area contributed by atoms with E-state index in [1.165, 1.54) is 19.2 Å². The van der Waals surface area contributed by atoms with Crippen LogP contribution in [0.2, 0.25) is 10.0 Å². The number of amides is 2. The molecule has 350 valence electrons. The Kier molecular flexibility index (Phi) is 16.3. The summed E-state index contributed by atoms with van der Waals surface area (Å²) in [5.74, 6) is -1.26. The number of carboxylic acids is 1. The molecule has 3 N–H and O–H groups in total. The molecule has 0 bridgehead atoms. The average molecular weight is 972 g/mol. The number of methoxy groups -OCH3 is 1. The van der Waals surface area contributed by atoms with Crippen LogP contribution in [0.1, 0.15) is 78.8 Å². The fourth-order valence-electron chi connectivity index (χ4n) is 7.07. The number of hydroxylamine groups is 2. The van der Waals surface area contributed by atoms with Gasteiger partial charge in [-0.3, -0.25) is 28.9 Å². The van der Waals surface area contributed by atoms with Crippen LogP contribution in [0.5, 0.6) is 34.5 Å². The van der Waals surface area contributed by atoms with Gasteiger partial charge in [0.05, 0.1) is 56.5 Å². The number of benzene rings is 6. The number of nitrogens with one attached hydrogen (secondary N) is 2. The molecule has 0 saturated heterocycles. The molecule has 0 aliphatic carbocycles. The van der Waals surface area contributed by atoms with Gasteiger partial charge in [-0.25, -0.2) is 11.0 Å². The molecule has 8 rings (SSSR count). The normalized spacial score (nSPS) is 14.2. The molecule has 2 aliphatic heterocycles. The lowest BCUT2D eigenvalue weighted by molar-refractivity contribution is -0.143. The van der Waals surface area contributed by atoms with Gasteiger partial charge >= 0.3 is 11.9 Å². The standard InChI is InChI=1S/C26H21ClN2O6.C25H19ClN2O6/c1-32-26(31)21-10-11-33-24-13-23(18(14-28)12-22(21)24)35-20-8-4-17(5-9-20)25(30)29-34-15-16-2-6-19(27)7-3-16;26-18-5-1-15(2-6-18)14-33-28-24(29)16-3-7-19(8-4-16)34-22-12-23-21(11-17(22)13-27)20(25(30)31)9-10-32-23/h2-9,12-13,21H,10-11,15H2,1H3,(H,29,30);1-8,11-12,20H,9-10,14H2,(H,28,29)(H,30,31). The number of rotatable bonds is 14. The molecule has 0 spiro atoms. The molecule has 0 radical (unpaired) electrons. The second-order valence-electron chi connectivity index (χ2n) is 15.2. The fourth-order valence-corrected chi connectivity index (χ4v) is 7.33. The average Bonchev–Trinajstić information content (AvgIpc) is 3.37. The van der Waals surface area contributed by atoms with Crippen molar-refractivity contribution in [2.24, 2.45) is 0 Å². The second kappa shape index (κ2) is 23.1. The Morgan fingerprint density at radius 3 is 1.42 bits per heavy atom. The minimum absolute atomic E-state index is 0.185. The summed E-state index contributed by atoms with van der Waals surface area (Å²) in [4.78, 5) is 58.8. The molecule has 2 unspecified atom stereocenters. The first kappa shape index (κ1) is 48.8. The van der Waals surface area contributed by atoms with Crippen LogP contribution in [0.3, 0.4) is 0 Å². The molecule has 69 heavy (non-hydrogen) atoms. The number of carbonyl (C=O) groups is 4. The predicted octanol–water partition coefficient (Wildman–Crippen LogP) is 9.72. The third-order valence-corrected chi connectivity index (χ3v) is 11.2. The van der Waals surface area contributed by atoms with Crippen molar-refractivity contribution in [2.45, 2.75) is 37.9 Å². The third kappa shape index (κ3) is 12.7. The number of halogens is 2. The summed E-state index contributed by atoms with van der Waals surface area (Å²) in [6, 6.07) is 37.1. The van der Waals surface area contributed by atoms with Crippen molar-refractivity contribution in [2.75, 3.05) is 20.3 Å². The Morgan fingerprint density at radius 1 is 0.623 bits per heavy atom. The van der Waals surface area contributed by atoms with Gasteiger partial charge < -0.3 is 28.8 Å². The molecule has 2 amide bonds. The number of fused-ring (bicyclic) bond motifs is 2. The Labute approximate surface area is 405 Å². The van der Waals surface area contributed by atoms with Crippen LogP contribution in [0.25, 0.3) is 0 Å². The highest BCUT2D eigenvalue weighted by molar-refractivity contribution is 6.30. The number of aliphatic carboxylic acids is 1. The van der Waals surface area contributed by atoms with E-state index in [2.05, 4.69) is 17.0 Å². The quantitative estimate of drug-likeness (QED) is 0.0683. The van der Waals surface area contributed by atoms with Crippen LogP contribution in [-0.2, 0) is 37.2 Å². The van der Waals surface area contributed by atoms with Gasteiger partial charge in [-0.15, -0.1) is 0 Å². The predicted molar refractivity (Wildman–Crippen MR) is 248 cm³/mol. The number of hydrogen-bond donors (Lipinski definition) is 3. The van der Waals surface area contributed by atoms with Gasteiger partial charge in [-0.1, -0.05) is 47.5 Å². The molecular weight excluding hydrogens is 931 g/mol. The summed E-state index contributed by atoms with van der Waals surface area (Å²) in [6.45, 7) is 0.990. The molecule has 2 heterocycles. The van der Waals surface area contributed by atoms with E-state index in [9.17, 15) is 34.8 Å². The summed E-state index contributed by atoms with van der Waals surface area (Å²) < 4.78 is 27.8. The molecule has 0 saturated carbocycles. The lowest BCUT2D eigenvalue weighted by Gasteiger charge is -2.25. The third-order valence-electron chi connectivity index (χ3n) is 10.7. The maximum Gasteiger partial charge on any atom is 0.313 e. The van der Waals surface area contributed by atoms with Crippen molar-refractivity contribution < 1.29 is 57.6 Å². The van der Waals surface area contributed by atoms with Gasteiger partial charge in [0, 0.05) is 44.4 Å². The zero-order valence-electron chi connectivity index (χ0n) is 36.5. The first-order valence-corrected chi connectivity index (χ1v) is 21.8. The van der Waals surface area contributed by atoms with Crippen LogP contribution in [0, 0.1) is 22.7 Å². The van der Waals surface area contributed by atoms with E-state index >= 15 is 0 Å². The van der Waals surface area contributed by atoms with Crippen LogP contribution in [0.15, 0.2) is 121 Å². The highest BCUT2D eigenvalue weighted by Gasteiger charge is 2.31. The summed E-state index contributed by atoms with van der Waals surface area (Å²) in [6.07, 6.45) is 0.804. The molecule has 6 aromatic rings. The maximum absolute atomic E-state index is 12.3. The zero-order valence-corrected chi connectivity index (χ0v) is 38.0. The molecule has 18 heteroatoms. The van der Waals surface area contributed by atoms with E-state index < -0.39 is 29.6 Å². The Morgan fingerprint density at radius 2 is 1.03 bits per heavy atom. The molecule has 6 aromatic carbocycles. The van der Waals surface area contributed by atoms with Crippen molar-refractivity contribution >= 4 is 47.0 Å². The SMILES string of the molecule is COC(=O)C1CCOc2cc(Oc3ccc(C(=O)NOCc4ccc(Cl)cc4)cc3)c(C#N)cc21.N#Cc1cc2c(cc1Oc1ccc(C(=O)NOCc3ccc(Cl)cc3)cc1)OCCC2C(=O)O. The number of ether oxygens (including phenoxy) is 5. The largest absolute Gasteiger partial charge is 0.493 e. The molecule has 16 nitrogen and oxygen atoms in total. The molecule has 2 aliphatic rings. The Balaban J connectivity index is 0.000000204. The maximum atomic E-state index is 12.3. The number of nitriles is 2. The first-order valence-electron chi connectivity index (χ1n) is 21.0. The van der Waals surface area contributed by atoms with Crippen LogP contribution >= 0.6 is 23.2 Å². The van der Waals surface area contributed by atoms with Crippen molar-refractivity contribution in [3.8, 4) is 46.6 Å². The highest BCUT2D eigenvalue weighted by atomic mass is 35.5. The smallest absolute Gasteiger partial charge is 0.313 e. The van der Waals surface area contributed by atoms with E-state index in [4.69, 9.17) is 56.6 Å². The number of hydrogen-bond acceptors (Lipinski definition) is 13. The van der Waals surface area contributed by atoms with E-state index in [-0.39, 0.29) is 48.4 Å². The number of esters is 1. The van der Waals surface area contributed by atoms with Crippen LogP contribution in [-0.4, -0.2) is 49.2 Å². The second-order valence-corrected chi connectivity index (χ2v) is 16.1. The Hall–Kier alpha value is -8.12. The summed E-state index contributed by atoms with van der Waals surface area (Å²) in [5.41, 5.74) is 8.68. The molecule has 0 fully saturated rings. The van der Waals surface area contributed by atoms with E-state index in [0.29, 0.717) is 74.7 Å². The van der Waals surface area contributed by atoms with Crippen LogP contribution in [0.4, 0.5) is 0 Å². The van der Waals surface area contributed by atoms with Crippen molar-refractivity contribution in [1.29, 1.82) is 10.5 Å². The van der Waals surface area contributed by atoms with Gasteiger partial charge in [0.25, 0.3) is 11.8 Å². The number of nitrogens with zero attached hydrogens (tertiary/aromatic N) is 2. The van der Waals surface area contributed by atoms with Gasteiger partial charge in [-0.2, -0.15) is 10.5 Å². The summed E-state index contributed by atoms with van der Waals surface area (Å²) in [7, 11) is 1.33. The molecule has 0 aromatic heterocycles. The first-order chi connectivity index (χ1) is 33.4. The van der Waals surface area contributed by atoms with E-state index in [1.807, 2.05) is 6.07 Å². The molecule has 2 atom stereocenters.